The molecule has 2 amide bonds. The van der Waals surface area contributed by atoms with Crippen molar-refractivity contribution in [2.45, 2.75) is 12.8 Å². The number of nitrogens with two attached hydrogens (primary N) is 1. The van der Waals surface area contributed by atoms with Gasteiger partial charge in [-0.25, -0.2) is 4.98 Å². The smallest absolute Gasteiger partial charge is 0.433 e. The molecule has 0 radical (unpaired) electrons. The molecule has 38 heavy (non-hydrogen) atoms. The number of fused-ring (bicyclic) bond motifs is 1. The van der Waals surface area contributed by atoms with Gasteiger partial charge in [0, 0.05) is 15.4 Å². The number of rotatable bonds is 7. The first-order chi connectivity index (χ1) is 18.1. The quantitative estimate of drug-likeness (QED) is 0.209. The van der Waals surface area contributed by atoms with Crippen molar-refractivity contribution >= 4 is 55.0 Å². The lowest BCUT2D eigenvalue weighted by molar-refractivity contribution is -0.140. The number of hydrogen-bond acceptors (Lipinski definition) is 7. The Labute approximate surface area is 224 Å². The van der Waals surface area contributed by atoms with Crippen LogP contribution in [0.15, 0.2) is 74.2 Å². The van der Waals surface area contributed by atoms with Crippen molar-refractivity contribution in [1.29, 1.82) is 0 Å². The van der Waals surface area contributed by atoms with Gasteiger partial charge in [0.1, 0.15) is 39.3 Å². The van der Waals surface area contributed by atoms with Gasteiger partial charge in [-0.15, -0.1) is 11.3 Å². The fourth-order valence-corrected chi connectivity index (χ4v) is 4.87. The molecule has 0 saturated heterocycles. The van der Waals surface area contributed by atoms with Crippen molar-refractivity contribution in [3.05, 3.63) is 87.4 Å². The van der Waals surface area contributed by atoms with Crippen molar-refractivity contribution in [2.75, 3.05) is 5.32 Å². The Morgan fingerprint density at radius 2 is 1.89 bits per heavy atom. The number of furan rings is 2. The van der Waals surface area contributed by atoms with Gasteiger partial charge in [0.05, 0.1) is 12.0 Å². The molecule has 0 fully saturated rings. The number of alkyl halides is 3. The van der Waals surface area contributed by atoms with E-state index in [9.17, 15) is 22.8 Å². The number of ether oxygens (including phenoxy) is 1. The summed E-state index contributed by atoms with van der Waals surface area (Å²) in [7, 11) is 0. The van der Waals surface area contributed by atoms with Crippen LogP contribution < -0.4 is 15.8 Å². The Bertz CT molecular complexity index is 1640. The number of nitrogens with zero attached hydrogens (tertiary/aromatic N) is 1. The van der Waals surface area contributed by atoms with Gasteiger partial charge in [0.25, 0.3) is 11.8 Å². The summed E-state index contributed by atoms with van der Waals surface area (Å²) in [6.07, 6.45) is -3.48. The number of aromatic nitrogens is 1. The number of benzene rings is 1. The average molecular weight is 606 g/mol. The second-order valence-electron chi connectivity index (χ2n) is 7.84. The van der Waals surface area contributed by atoms with Crippen molar-refractivity contribution in [3.8, 4) is 17.1 Å². The number of pyridine rings is 1. The lowest BCUT2D eigenvalue weighted by Crippen LogP contribution is -2.16. The molecule has 5 aromatic rings. The molecule has 0 spiro atoms. The van der Waals surface area contributed by atoms with Gasteiger partial charge in [-0.3, -0.25) is 9.59 Å². The number of halogens is 4. The van der Waals surface area contributed by atoms with E-state index in [4.69, 9.17) is 19.3 Å². The summed E-state index contributed by atoms with van der Waals surface area (Å²) in [5, 5.41) is 2.63. The fraction of sp³-hybridized carbons (Fsp3) is 0.0800. The standard InChI is InChI=1S/C25H15BrF3N3O5S/c26-12-3-5-13(6-4-12)36-11-14-7-8-17(37-14)23(34)32-20-19-15(16-2-1-9-35-16)10-18(25(27,28)29)31-24(19)38-21(20)22(30)33/h1-10H,11H2,(H2,30,33)(H,32,34). The number of amides is 2. The van der Waals surface area contributed by atoms with Crippen molar-refractivity contribution in [2.24, 2.45) is 5.73 Å². The second-order valence-corrected chi connectivity index (χ2v) is 9.76. The van der Waals surface area contributed by atoms with Crippen LogP contribution in [-0.2, 0) is 12.8 Å². The lowest BCUT2D eigenvalue weighted by Gasteiger charge is -2.10. The van der Waals surface area contributed by atoms with Crippen molar-refractivity contribution < 1.29 is 36.3 Å². The monoisotopic (exact) mass is 605 g/mol. The summed E-state index contributed by atoms with van der Waals surface area (Å²) in [6.45, 7) is 0.0373. The zero-order chi connectivity index (χ0) is 27.0. The molecule has 4 heterocycles. The Hall–Kier alpha value is -4.10. The summed E-state index contributed by atoms with van der Waals surface area (Å²) in [4.78, 5) is 28.6. The summed E-state index contributed by atoms with van der Waals surface area (Å²) >= 11 is 3.96. The molecule has 0 saturated carbocycles. The fourth-order valence-electron chi connectivity index (χ4n) is 3.60. The number of hydrogen-bond donors (Lipinski definition) is 2. The average Bonchev–Trinajstić information content (AvgIpc) is 3.63. The van der Waals surface area contributed by atoms with E-state index < -0.39 is 23.7 Å². The van der Waals surface area contributed by atoms with E-state index in [1.54, 1.807) is 30.3 Å². The molecule has 4 aromatic heterocycles. The normalized spacial score (nSPS) is 11.6. The minimum absolute atomic E-state index is 0.0191. The summed E-state index contributed by atoms with van der Waals surface area (Å²) < 4.78 is 58.1. The highest BCUT2D eigenvalue weighted by Gasteiger charge is 2.35. The maximum absolute atomic E-state index is 13.6. The topological polar surface area (TPSA) is 121 Å². The molecule has 0 atom stereocenters. The number of primary amides is 1. The maximum Gasteiger partial charge on any atom is 0.433 e. The van der Waals surface area contributed by atoms with Gasteiger partial charge < -0.3 is 24.6 Å². The van der Waals surface area contributed by atoms with Crippen LogP contribution in [0.3, 0.4) is 0 Å². The molecule has 0 aliphatic rings. The van der Waals surface area contributed by atoms with Gasteiger partial charge in [-0.2, -0.15) is 13.2 Å². The Morgan fingerprint density at radius 3 is 2.55 bits per heavy atom. The minimum Gasteiger partial charge on any atom is -0.486 e. The van der Waals surface area contributed by atoms with Gasteiger partial charge in [-0.1, -0.05) is 15.9 Å². The molecule has 0 unspecified atom stereocenters. The largest absolute Gasteiger partial charge is 0.486 e. The number of anilines is 1. The first-order valence-corrected chi connectivity index (χ1v) is 12.4. The summed E-state index contributed by atoms with van der Waals surface area (Å²) in [5.74, 6) is -0.817. The molecule has 194 valence electrons. The molecular weight excluding hydrogens is 591 g/mol. The number of thiophene rings is 1. The molecule has 0 aliphatic heterocycles. The highest BCUT2D eigenvalue weighted by molar-refractivity contribution is 9.10. The van der Waals surface area contributed by atoms with Crippen LogP contribution in [-0.4, -0.2) is 16.8 Å². The van der Waals surface area contributed by atoms with Gasteiger partial charge in [0.2, 0.25) is 0 Å². The molecular formula is C25H15BrF3N3O5S. The summed E-state index contributed by atoms with van der Waals surface area (Å²) in [6, 6.07) is 13.8. The molecule has 3 N–H and O–H groups in total. The van der Waals surface area contributed by atoms with E-state index in [1.807, 2.05) is 0 Å². The van der Waals surface area contributed by atoms with E-state index in [1.165, 1.54) is 24.5 Å². The molecule has 5 rings (SSSR count). The van der Waals surface area contributed by atoms with E-state index in [0.29, 0.717) is 22.8 Å². The third-order valence-electron chi connectivity index (χ3n) is 5.28. The third-order valence-corrected chi connectivity index (χ3v) is 6.91. The summed E-state index contributed by atoms with van der Waals surface area (Å²) in [5.41, 5.74) is 4.19. The Morgan fingerprint density at radius 1 is 1.13 bits per heavy atom. The van der Waals surface area contributed by atoms with E-state index in [0.717, 1.165) is 10.5 Å². The molecule has 0 aliphatic carbocycles. The van der Waals surface area contributed by atoms with Crippen molar-refractivity contribution in [3.63, 3.8) is 0 Å². The van der Waals surface area contributed by atoms with Gasteiger partial charge >= 0.3 is 6.18 Å². The predicted octanol–water partition coefficient (Wildman–Crippen LogP) is 6.86. The van der Waals surface area contributed by atoms with Crippen LogP contribution in [0.4, 0.5) is 18.9 Å². The lowest BCUT2D eigenvalue weighted by atomic mass is 10.1. The van der Waals surface area contributed by atoms with Crippen LogP contribution in [0, 0.1) is 0 Å². The van der Waals surface area contributed by atoms with Crippen LogP contribution >= 0.6 is 27.3 Å². The van der Waals surface area contributed by atoms with Crippen LogP contribution in [0.5, 0.6) is 5.75 Å². The Balaban J connectivity index is 1.49. The SMILES string of the molecule is NC(=O)c1sc2nc(C(F)(F)F)cc(-c3ccco3)c2c1NC(=O)c1ccc(COc2ccc(Br)cc2)o1. The first kappa shape index (κ1) is 25.5. The number of carbonyl (C=O) groups excluding carboxylic acids is 2. The van der Waals surface area contributed by atoms with Gasteiger partial charge in [0.15, 0.2) is 5.76 Å². The van der Waals surface area contributed by atoms with E-state index in [-0.39, 0.29) is 44.5 Å². The predicted molar refractivity (Wildman–Crippen MR) is 136 cm³/mol. The minimum atomic E-state index is -4.77. The van der Waals surface area contributed by atoms with Crippen molar-refractivity contribution in [1.82, 2.24) is 4.98 Å². The maximum atomic E-state index is 13.6. The molecule has 13 heteroatoms. The van der Waals surface area contributed by atoms with E-state index in [2.05, 4.69) is 26.2 Å². The zero-order valence-corrected chi connectivity index (χ0v) is 21.4. The highest BCUT2D eigenvalue weighted by Crippen LogP contribution is 2.43. The van der Waals surface area contributed by atoms with Crippen LogP contribution in [0.25, 0.3) is 21.5 Å². The van der Waals surface area contributed by atoms with E-state index >= 15 is 0 Å². The number of nitrogens with one attached hydrogen (secondary N) is 1. The zero-order valence-electron chi connectivity index (χ0n) is 19.0. The first-order valence-electron chi connectivity index (χ1n) is 10.8. The van der Waals surface area contributed by atoms with Crippen LogP contribution in [0.1, 0.15) is 31.7 Å². The van der Waals surface area contributed by atoms with Gasteiger partial charge in [-0.05, 0) is 54.6 Å². The highest BCUT2D eigenvalue weighted by atomic mass is 79.9. The second kappa shape index (κ2) is 9.99. The molecule has 1 aromatic carbocycles. The van der Waals surface area contributed by atoms with Crippen LogP contribution in [0.2, 0.25) is 0 Å². The molecule has 8 nitrogen and oxygen atoms in total. The number of carbonyl (C=O) groups is 2. The third kappa shape index (κ3) is 5.15. The molecule has 0 bridgehead atoms. The Kier molecular flexibility index (Phi) is 6.71.